The van der Waals surface area contributed by atoms with Gasteiger partial charge in [0.1, 0.15) is 0 Å². The number of rotatable bonds is 7. The van der Waals surface area contributed by atoms with Crippen LogP contribution in [0, 0.1) is 3.57 Å². The number of nitrogens with one attached hydrogen (secondary N) is 1. The van der Waals surface area contributed by atoms with E-state index in [1.54, 1.807) is 6.92 Å². The molecular formula is C12H14INO6S. The van der Waals surface area contributed by atoms with Gasteiger partial charge >= 0.3 is 11.9 Å². The van der Waals surface area contributed by atoms with Crippen molar-refractivity contribution >= 4 is 44.6 Å². The van der Waals surface area contributed by atoms with E-state index >= 15 is 0 Å². The Hall–Kier alpha value is -1.20. The molecule has 7 nitrogen and oxygen atoms in total. The van der Waals surface area contributed by atoms with Gasteiger partial charge in [-0.05, 0) is 47.7 Å². The van der Waals surface area contributed by atoms with Gasteiger partial charge in [0, 0.05) is 10.1 Å². The lowest BCUT2D eigenvalue weighted by atomic mass is 10.2. The molecule has 9 heteroatoms. The lowest BCUT2D eigenvalue weighted by Crippen LogP contribution is -2.27. The first-order valence-corrected chi connectivity index (χ1v) is 8.52. The Morgan fingerprint density at radius 3 is 2.62 bits per heavy atom. The number of carboxylic acid groups (broad SMARTS) is 1. The average Bonchev–Trinajstić information content (AvgIpc) is 2.38. The van der Waals surface area contributed by atoms with Gasteiger partial charge in [-0.25, -0.2) is 17.9 Å². The number of ether oxygens (including phenoxy) is 1. The van der Waals surface area contributed by atoms with Gasteiger partial charge in [-0.15, -0.1) is 0 Å². The molecule has 0 aromatic heterocycles. The monoisotopic (exact) mass is 427 g/mol. The number of benzene rings is 1. The van der Waals surface area contributed by atoms with Crippen LogP contribution < -0.4 is 4.72 Å². The van der Waals surface area contributed by atoms with Gasteiger partial charge in [-0.1, -0.05) is 0 Å². The summed E-state index contributed by atoms with van der Waals surface area (Å²) < 4.78 is 31.3. The molecule has 0 unspecified atom stereocenters. The van der Waals surface area contributed by atoms with Gasteiger partial charge in [0.2, 0.25) is 10.0 Å². The third kappa shape index (κ3) is 5.25. The molecule has 0 amide bonds. The van der Waals surface area contributed by atoms with Crippen molar-refractivity contribution in [1.29, 1.82) is 0 Å². The molecule has 2 N–H and O–H groups in total. The molecule has 0 radical (unpaired) electrons. The Morgan fingerprint density at radius 2 is 2.05 bits per heavy atom. The van der Waals surface area contributed by atoms with Gasteiger partial charge < -0.3 is 9.84 Å². The Bertz CT molecular complexity index is 643. The van der Waals surface area contributed by atoms with Gasteiger partial charge in [-0.2, -0.15) is 0 Å². The highest BCUT2D eigenvalue weighted by atomic mass is 127. The highest BCUT2D eigenvalue weighted by Crippen LogP contribution is 2.18. The summed E-state index contributed by atoms with van der Waals surface area (Å²) in [4.78, 5) is 21.9. The summed E-state index contributed by atoms with van der Waals surface area (Å²) in [6.07, 6.45) is -0.0940. The summed E-state index contributed by atoms with van der Waals surface area (Å²) in [5.74, 6) is -1.71. The quantitative estimate of drug-likeness (QED) is 0.501. The number of carbonyl (C=O) groups is 2. The number of aromatic carboxylic acids is 1. The predicted octanol–water partition coefficient (Wildman–Crippen LogP) is 1.22. The summed E-state index contributed by atoms with van der Waals surface area (Å²) in [6, 6.07) is 3.79. The summed E-state index contributed by atoms with van der Waals surface area (Å²) in [7, 11) is -3.87. The molecule has 1 rings (SSSR count). The molecule has 0 spiro atoms. The van der Waals surface area contributed by atoms with E-state index in [0.717, 1.165) is 6.07 Å². The fraction of sp³-hybridized carbons (Fsp3) is 0.333. The molecule has 0 saturated carbocycles. The van der Waals surface area contributed by atoms with Crippen LogP contribution in [0.25, 0.3) is 0 Å². The minimum absolute atomic E-state index is 0.0936. The molecule has 0 aliphatic carbocycles. The number of sulfonamides is 1. The third-order valence-electron chi connectivity index (χ3n) is 2.41. The van der Waals surface area contributed by atoms with Crippen LogP contribution >= 0.6 is 22.6 Å². The van der Waals surface area contributed by atoms with Crippen LogP contribution in [0.3, 0.4) is 0 Å². The zero-order valence-electron chi connectivity index (χ0n) is 11.1. The lowest BCUT2D eigenvalue weighted by Gasteiger charge is -2.08. The first-order chi connectivity index (χ1) is 9.77. The lowest BCUT2D eigenvalue weighted by molar-refractivity contribution is -0.142. The van der Waals surface area contributed by atoms with E-state index in [-0.39, 0.29) is 30.0 Å². The van der Waals surface area contributed by atoms with Crippen LogP contribution in [-0.4, -0.2) is 38.6 Å². The minimum atomic E-state index is -3.87. The van der Waals surface area contributed by atoms with Crippen LogP contribution in [0.4, 0.5) is 0 Å². The molecule has 116 valence electrons. The molecule has 0 bridgehead atoms. The molecule has 1 aromatic carbocycles. The van der Waals surface area contributed by atoms with Gasteiger partial charge in [0.05, 0.1) is 23.5 Å². The first-order valence-electron chi connectivity index (χ1n) is 5.96. The van der Waals surface area contributed by atoms with Crippen molar-refractivity contribution in [2.45, 2.75) is 18.2 Å². The molecular weight excluding hydrogens is 413 g/mol. The summed E-state index contributed by atoms with van der Waals surface area (Å²) in [5, 5.41) is 8.98. The van der Waals surface area contributed by atoms with Crippen LogP contribution in [-0.2, 0) is 19.6 Å². The maximum absolute atomic E-state index is 12.0. The Morgan fingerprint density at radius 1 is 1.38 bits per heavy atom. The third-order valence-corrected chi connectivity index (χ3v) is 4.80. The van der Waals surface area contributed by atoms with Crippen LogP contribution in [0.15, 0.2) is 23.1 Å². The zero-order chi connectivity index (χ0) is 16.0. The molecule has 0 saturated heterocycles. The SMILES string of the molecule is CCOC(=O)CCNS(=O)(=O)c1ccc(I)c(C(=O)O)c1. The smallest absolute Gasteiger partial charge is 0.336 e. The second-order valence-corrected chi connectivity index (χ2v) is 6.83. The van der Waals surface area contributed by atoms with Crippen molar-refractivity contribution in [1.82, 2.24) is 4.72 Å². The average molecular weight is 427 g/mol. The van der Waals surface area contributed by atoms with E-state index in [1.165, 1.54) is 12.1 Å². The summed E-state index contributed by atoms with van der Waals surface area (Å²) in [5.41, 5.74) is -0.0936. The van der Waals surface area contributed by atoms with Crippen molar-refractivity contribution < 1.29 is 27.9 Å². The van der Waals surface area contributed by atoms with E-state index < -0.39 is 22.0 Å². The van der Waals surface area contributed by atoms with Crippen LogP contribution in [0.2, 0.25) is 0 Å². The molecule has 0 aliphatic heterocycles. The topological polar surface area (TPSA) is 110 Å². The van der Waals surface area contributed by atoms with Crippen molar-refractivity contribution in [2.75, 3.05) is 13.2 Å². The second-order valence-electron chi connectivity index (χ2n) is 3.90. The van der Waals surface area contributed by atoms with E-state index in [0.29, 0.717) is 3.57 Å². The fourth-order valence-corrected chi connectivity index (χ4v) is 3.06. The van der Waals surface area contributed by atoms with Gasteiger partial charge in [0.25, 0.3) is 0 Å². The molecule has 0 aliphatic rings. The van der Waals surface area contributed by atoms with Gasteiger partial charge in [0.15, 0.2) is 0 Å². The Labute approximate surface area is 135 Å². The molecule has 0 fully saturated rings. The normalized spacial score (nSPS) is 11.1. The van der Waals surface area contributed by atoms with Crippen LogP contribution in [0.1, 0.15) is 23.7 Å². The number of hydrogen-bond acceptors (Lipinski definition) is 5. The highest BCUT2D eigenvalue weighted by Gasteiger charge is 2.18. The highest BCUT2D eigenvalue weighted by molar-refractivity contribution is 14.1. The fourth-order valence-electron chi connectivity index (χ4n) is 1.44. The number of carbonyl (C=O) groups excluding carboxylic acids is 1. The maximum Gasteiger partial charge on any atom is 0.336 e. The van der Waals surface area contributed by atoms with Gasteiger partial charge in [-0.3, -0.25) is 4.79 Å². The van der Waals surface area contributed by atoms with E-state index in [1.807, 2.05) is 22.6 Å². The summed E-state index contributed by atoms with van der Waals surface area (Å²) >= 11 is 1.81. The standard InChI is InChI=1S/C12H14INO6S/c1-2-20-11(15)5-6-14-21(18,19)8-3-4-10(13)9(7-8)12(16)17/h3-4,7,14H,2,5-6H2,1H3,(H,16,17). The van der Waals surface area contributed by atoms with E-state index in [2.05, 4.69) is 9.46 Å². The maximum atomic E-state index is 12.0. The molecule has 0 atom stereocenters. The predicted molar refractivity (Wildman–Crippen MR) is 82.6 cm³/mol. The molecule has 21 heavy (non-hydrogen) atoms. The number of carboxylic acids is 1. The second kappa shape index (κ2) is 7.71. The Balaban J connectivity index is 2.81. The summed E-state index contributed by atoms with van der Waals surface area (Å²) in [6.45, 7) is 1.77. The largest absolute Gasteiger partial charge is 0.478 e. The van der Waals surface area contributed by atoms with Crippen molar-refractivity contribution in [3.8, 4) is 0 Å². The molecule has 1 aromatic rings. The van der Waals surface area contributed by atoms with Crippen molar-refractivity contribution in [3.63, 3.8) is 0 Å². The zero-order valence-corrected chi connectivity index (χ0v) is 14.1. The minimum Gasteiger partial charge on any atom is -0.478 e. The number of esters is 1. The number of hydrogen-bond donors (Lipinski definition) is 2. The number of halogens is 1. The van der Waals surface area contributed by atoms with Crippen LogP contribution in [0.5, 0.6) is 0 Å². The van der Waals surface area contributed by atoms with Crippen molar-refractivity contribution in [3.05, 3.63) is 27.3 Å². The Kier molecular flexibility index (Phi) is 6.55. The first kappa shape index (κ1) is 17.9. The molecule has 0 heterocycles. The van der Waals surface area contributed by atoms with E-state index in [9.17, 15) is 18.0 Å². The van der Waals surface area contributed by atoms with E-state index in [4.69, 9.17) is 5.11 Å². The van der Waals surface area contributed by atoms with Crippen molar-refractivity contribution in [2.24, 2.45) is 0 Å².